The van der Waals surface area contributed by atoms with Crippen molar-refractivity contribution >= 4 is 40.9 Å². The van der Waals surface area contributed by atoms with Crippen LogP contribution in [0.1, 0.15) is 28.8 Å². The minimum Gasteiger partial charge on any atom is -0.322 e. The Morgan fingerprint density at radius 1 is 1.20 bits per heavy atom. The number of benzene rings is 1. The van der Waals surface area contributed by atoms with Gasteiger partial charge in [0.15, 0.2) is 0 Å². The van der Waals surface area contributed by atoms with Gasteiger partial charge in [0.05, 0.1) is 15.6 Å². The molecule has 1 unspecified atom stereocenters. The van der Waals surface area contributed by atoms with E-state index in [1.165, 1.54) is 4.90 Å². The van der Waals surface area contributed by atoms with Crippen LogP contribution in [0, 0.1) is 0 Å². The van der Waals surface area contributed by atoms with E-state index in [0.717, 1.165) is 5.56 Å². The molecule has 1 N–H and O–H groups in total. The van der Waals surface area contributed by atoms with Crippen molar-refractivity contribution in [3.8, 4) is 0 Å². The standard InChI is InChI=1S/C13H10Cl2N2O3/c14-7-2-1-6-5-17(13(20)10(6)11(7)15)8-3-4-9(18)16-12(8)19/h1-2,8H,3-5H2,(H,16,18,19). The average Bonchev–Trinajstić information content (AvgIpc) is 2.72. The maximum absolute atomic E-state index is 12.4. The Morgan fingerprint density at radius 2 is 1.95 bits per heavy atom. The van der Waals surface area contributed by atoms with Crippen LogP contribution in [0.15, 0.2) is 12.1 Å². The second kappa shape index (κ2) is 4.75. The SMILES string of the molecule is O=C1CCC(N2Cc3ccc(Cl)c(Cl)c3C2=O)C(=O)N1. The number of nitrogens with zero attached hydrogens (tertiary/aromatic N) is 1. The Hall–Kier alpha value is -1.59. The van der Waals surface area contributed by atoms with Gasteiger partial charge in [0, 0.05) is 13.0 Å². The second-order valence-corrected chi connectivity index (χ2v) is 5.58. The first-order chi connectivity index (χ1) is 9.49. The van der Waals surface area contributed by atoms with E-state index in [0.29, 0.717) is 23.6 Å². The van der Waals surface area contributed by atoms with Crippen LogP contribution in [-0.2, 0) is 16.1 Å². The van der Waals surface area contributed by atoms with Crippen LogP contribution in [-0.4, -0.2) is 28.7 Å². The summed E-state index contributed by atoms with van der Waals surface area (Å²) < 4.78 is 0. The van der Waals surface area contributed by atoms with Crippen molar-refractivity contribution in [3.05, 3.63) is 33.3 Å². The third-order valence-electron chi connectivity index (χ3n) is 3.58. The van der Waals surface area contributed by atoms with E-state index in [1.54, 1.807) is 12.1 Å². The molecule has 0 radical (unpaired) electrons. The van der Waals surface area contributed by atoms with Crippen molar-refractivity contribution in [1.29, 1.82) is 0 Å². The largest absolute Gasteiger partial charge is 0.322 e. The maximum Gasteiger partial charge on any atom is 0.256 e. The summed E-state index contributed by atoms with van der Waals surface area (Å²) in [5.74, 6) is -1.07. The lowest BCUT2D eigenvalue weighted by Gasteiger charge is -2.29. The monoisotopic (exact) mass is 312 g/mol. The lowest BCUT2D eigenvalue weighted by atomic mass is 10.0. The predicted octanol–water partition coefficient (Wildman–Crippen LogP) is 1.75. The van der Waals surface area contributed by atoms with Gasteiger partial charge in [0.25, 0.3) is 5.91 Å². The van der Waals surface area contributed by atoms with Gasteiger partial charge in [0.2, 0.25) is 11.8 Å². The molecular weight excluding hydrogens is 303 g/mol. The molecule has 104 valence electrons. The Balaban J connectivity index is 1.93. The molecule has 7 heteroatoms. The molecule has 1 fully saturated rings. The van der Waals surface area contributed by atoms with Gasteiger partial charge < -0.3 is 4.90 Å². The highest BCUT2D eigenvalue weighted by atomic mass is 35.5. The van der Waals surface area contributed by atoms with Crippen LogP contribution in [0.4, 0.5) is 0 Å². The number of hydrogen-bond acceptors (Lipinski definition) is 3. The van der Waals surface area contributed by atoms with Crippen molar-refractivity contribution < 1.29 is 14.4 Å². The Labute approximate surface area is 124 Å². The third-order valence-corrected chi connectivity index (χ3v) is 4.39. The number of piperidine rings is 1. The molecule has 3 amide bonds. The average molecular weight is 313 g/mol. The van der Waals surface area contributed by atoms with Crippen LogP contribution in [0.25, 0.3) is 0 Å². The van der Waals surface area contributed by atoms with Gasteiger partial charge in [0.1, 0.15) is 6.04 Å². The fourth-order valence-electron chi connectivity index (χ4n) is 2.58. The topological polar surface area (TPSA) is 66.5 Å². The number of amides is 3. The number of carbonyl (C=O) groups excluding carboxylic acids is 3. The molecule has 0 bridgehead atoms. The van der Waals surface area contributed by atoms with Crippen LogP contribution >= 0.6 is 23.2 Å². The Bertz CT molecular complexity index is 645. The smallest absolute Gasteiger partial charge is 0.256 e. The first-order valence-corrected chi connectivity index (χ1v) is 6.86. The first-order valence-electron chi connectivity index (χ1n) is 6.10. The summed E-state index contributed by atoms with van der Waals surface area (Å²) >= 11 is 12.0. The van der Waals surface area contributed by atoms with E-state index in [9.17, 15) is 14.4 Å². The lowest BCUT2D eigenvalue weighted by molar-refractivity contribution is -0.136. The summed E-state index contributed by atoms with van der Waals surface area (Å²) in [5, 5.41) is 2.77. The number of hydrogen-bond donors (Lipinski definition) is 1. The number of carbonyl (C=O) groups is 3. The second-order valence-electron chi connectivity index (χ2n) is 4.80. The van der Waals surface area contributed by atoms with Crippen LogP contribution in [0.5, 0.6) is 0 Å². The van der Waals surface area contributed by atoms with E-state index in [1.807, 2.05) is 0 Å². The zero-order valence-electron chi connectivity index (χ0n) is 10.3. The Morgan fingerprint density at radius 3 is 2.65 bits per heavy atom. The number of nitrogens with one attached hydrogen (secondary N) is 1. The molecule has 0 aromatic heterocycles. The van der Waals surface area contributed by atoms with E-state index in [-0.39, 0.29) is 23.3 Å². The fraction of sp³-hybridized carbons (Fsp3) is 0.308. The molecule has 0 spiro atoms. The van der Waals surface area contributed by atoms with Gasteiger partial charge in [-0.1, -0.05) is 29.3 Å². The zero-order valence-corrected chi connectivity index (χ0v) is 11.8. The summed E-state index contributed by atoms with van der Waals surface area (Å²) in [4.78, 5) is 36.9. The van der Waals surface area contributed by atoms with E-state index >= 15 is 0 Å². The van der Waals surface area contributed by atoms with E-state index < -0.39 is 11.9 Å². The van der Waals surface area contributed by atoms with Crippen LogP contribution < -0.4 is 5.32 Å². The van der Waals surface area contributed by atoms with Gasteiger partial charge in [-0.3, -0.25) is 19.7 Å². The van der Waals surface area contributed by atoms with Crippen LogP contribution in [0.3, 0.4) is 0 Å². The van der Waals surface area contributed by atoms with Gasteiger partial charge in [-0.25, -0.2) is 0 Å². The minimum atomic E-state index is -0.637. The van der Waals surface area contributed by atoms with Crippen molar-refractivity contribution in [1.82, 2.24) is 10.2 Å². The summed E-state index contributed by atoms with van der Waals surface area (Å²) in [6.45, 7) is 0.303. The molecule has 2 aliphatic rings. The summed E-state index contributed by atoms with van der Waals surface area (Å²) in [7, 11) is 0. The molecule has 1 aromatic rings. The van der Waals surface area contributed by atoms with Crippen LogP contribution in [0.2, 0.25) is 10.0 Å². The van der Waals surface area contributed by atoms with Crippen molar-refractivity contribution in [2.24, 2.45) is 0 Å². The minimum absolute atomic E-state index is 0.212. The molecule has 0 aliphatic carbocycles. The molecular formula is C13H10Cl2N2O3. The first kappa shape index (κ1) is 13.4. The third kappa shape index (κ3) is 1.98. The summed E-state index contributed by atoms with van der Waals surface area (Å²) in [6, 6.07) is 2.72. The Kier molecular flexibility index (Phi) is 3.18. The van der Waals surface area contributed by atoms with Crippen molar-refractivity contribution in [2.75, 3.05) is 0 Å². The quantitative estimate of drug-likeness (QED) is 0.803. The molecule has 5 nitrogen and oxygen atoms in total. The normalized spacial score (nSPS) is 22.0. The molecule has 2 aliphatic heterocycles. The molecule has 1 aromatic carbocycles. The molecule has 0 saturated carbocycles. The molecule has 1 atom stereocenters. The van der Waals surface area contributed by atoms with Gasteiger partial charge >= 0.3 is 0 Å². The fourth-order valence-corrected chi connectivity index (χ4v) is 3.01. The summed E-state index contributed by atoms with van der Waals surface area (Å²) in [6.07, 6.45) is 0.556. The number of imide groups is 1. The van der Waals surface area contributed by atoms with E-state index in [4.69, 9.17) is 23.2 Å². The maximum atomic E-state index is 12.4. The van der Waals surface area contributed by atoms with Crippen molar-refractivity contribution in [2.45, 2.75) is 25.4 Å². The van der Waals surface area contributed by atoms with Gasteiger partial charge in [-0.15, -0.1) is 0 Å². The highest BCUT2D eigenvalue weighted by Gasteiger charge is 2.40. The number of rotatable bonds is 1. The zero-order chi connectivity index (χ0) is 14.4. The highest BCUT2D eigenvalue weighted by molar-refractivity contribution is 6.44. The lowest BCUT2D eigenvalue weighted by Crippen LogP contribution is -2.52. The predicted molar refractivity (Wildman–Crippen MR) is 72.5 cm³/mol. The molecule has 2 heterocycles. The molecule has 1 saturated heterocycles. The molecule has 3 rings (SSSR count). The van der Waals surface area contributed by atoms with Gasteiger partial charge in [-0.2, -0.15) is 0 Å². The van der Waals surface area contributed by atoms with E-state index in [2.05, 4.69) is 5.32 Å². The van der Waals surface area contributed by atoms with Crippen molar-refractivity contribution in [3.63, 3.8) is 0 Å². The molecule has 20 heavy (non-hydrogen) atoms. The summed E-state index contributed by atoms with van der Waals surface area (Å²) in [5.41, 5.74) is 1.10. The highest BCUT2D eigenvalue weighted by Crippen LogP contribution is 2.35. The number of fused-ring (bicyclic) bond motifs is 1. The number of halogens is 2. The van der Waals surface area contributed by atoms with Gasteiger partial charge in [-0.05, 0) is 18.1 Å².